The summed E-state index contributed by atoms with van der Waals surface area (Å²) in [5.74, 6) is 0.165. The van der Waals surface area contributed by atoms with Crippen molar-refractivity contribution >= 4 is 27.3 Å². The quantitative estimate of drug-likeness (QED) is 0.499. The number of carbonyl (C=O) groups is 1. The molecule has 2 aromatic heterocycles. The number of fused-ring (bicyclic) bond motifs is 3. The molecule has 0 radical (unpaired) electrons. The zero-order valence-corrected chi connectivity index (χ0v) is 20.1. The number of phenols is 1. The zero-order chi connectivity index (χ0) is 22.5. The molecular formula is C26H31NO3S. The highest BCUT2D eigenvalue weighted by Crippen LogP contribution is 2.47. The molecule has 0 unspecified atom stereocenters. The number of benzene rings is 1. The lowest BCUT2D eigenvalue weighted by Gasteiger charge is -2.29. The number of hydrogen-bond acceptors (Lipinski definition) is 5. The normalized spacial score (nSPS) is 15.2. The number of ketones is 1. The topological polar surface area (TPSA) is 59.4 Å². The number of thiophene rings is 1. The van der Waals surface area contributed by atoms with Gasteiger partial charge in [0.05, 0.1) is 5.60 Å². The number of rotatable bonds is 4. The predicted octanol–water partition coefficient (Wildman–Crippen LogP) is 6.61. The van der Waals surface area contributed by atoms with Crippen LogP contribution in [0.2, 0.25) is 0 Å². The van der Waals surface area contributed by atoms with Gasteiger partial charge in [0.25, 0.3) is 0 Å². The third kappa shape index (κ3) is 4.13. The lowest BCUT2D eigenvalue weighted by Crippen LogP contribution is -2.27. The maximum absolute atomic E-state index is 12.8. The average molecular weight is 438 g/mol. The van der Waals surface area contributed by atoms with Crippen molar-refractivity contribution in [2.45, 2.75) is 78.9 Å². The average Bonchev–Trinajstić information content (AvgIpc) is 3.02. The van der Waals surface area contributed by atoms with Gasteiger partial charge >= 0.3 is 0 Å². The van der Waals surface area contributed by atoms with Crippen molar-refractivity contribution in [3.63, 3.8) is 0 Å². The fourth-order valence-electron chi connectivity index (χ4n) is 4.57. The fourth-order valence-corrected chi connectivity index (χ4v) is 5.89. The van der Waals surface area contributed by atoms with Crippen molar-refractivity contribution in [3.8, 4) is 16.9 Å². The maximum Gasteiger partial charge on any atom is 0.163 e. The van der Waals surface area contributed by atoms with Crippen molar-refractivity contribution in [2.75, 3.05) is 0 Å². The van der Waals surface area contributed by atoms with Crippen LogP contribution in [0.25, 0.3) is 21.3 Å². The first-order chi connectivity index (χ1) is 14.6. The minimum Gasteiger partial charge on any atom is -0.507 e. The third-order valence-corrected chi connectivity index (χ3v) is 7.04. The number of ether oxygens (including phenoxy) is 1. The number of aromatic nitrogens is 1. The zero-order valence-electron chi connectivity index (χ0n) is 19.3. The Bertz CT molecular complexity index is 1170. The van der Waals surface area contributed by atoms with Crippen LogP contribution in [0.3, 0.4) is 0 Å². The number of phenolic OH excluding ortho intramolecular Hbond substituents is 1. The van der Waals surface area contributed by atoms with Crippen LogP contribution in [0.15, 0.2) is 18.2 Å². The van der Waals surface area contributed by atoms with Crippen molar-refractivity contribution in [1.29, 1.82) is 0 Å². The monoisotopic (exact) mass is 437 g/mol. The van der Waals surface area contributed by atoms with E-state index in [9.17, 15) is 9.90 Å². The Morgan fingerprint density at radius 2 is 1.90 bits per heavy atom. The second-order valence-corrected chi connectivity index (χ2v) is 10.7. The van der Waals surface area contributed by atoms with E-state index in [1.54, 1.807) is 24.3 Å². The molecule has 0 amide bonds. The molecule has 0 bridgehead atoms. The van der Waals surface area contributed by atoms with Gasteiger partial charge in [0.15, 0.2) is 5.78 Å². The molecule has 1 N–H and O–H groups in total. The van der Waals surface area contributed by atoms with Gasteiger partial charge in [0.1, 0.15) is 16.7 Å². The summed E-state index contributed by atoms with van der Waals surface area (Å²) in [6.45, 7) is 11.4. The minimum absolute atomic E-state index is 0.0591. The molecule has 5 heteroatoms. The third-order valence-electron chi connectivity index (χ3n) is 5.86. The van der Waals surface area contributed by atoms with Gasteiger partial charge in [0.2, 0.25) is 0 Å². The Hall–Kier alpha value is -2.24. The number of aryl methyl sites for hydroxylation is 4. The Kier molecular flexibility index (Phi) is 5.69. The Morgan fingerprint density at radius 3 is 2.55 bits per heavy atom. The maximum atomic E-state index is 12.8. The molecule has 2 heterocycles. The predicted molar refractivity (Wildman–Crippen MR) is 127 cm³/mol. The van der Waals surface area contributed by atoms with Crippen LogP contribution < -0.4 is 0 Å². The number of hydrogen-bond donors (Lipinski definition) is 1. The molecule has 4 nitrogen and oxygen atoms in total. The van der Waals surface area contributed by atoms with Crippen LogP contribution in [-0.4, -0.2) is 21.5 Å². The molecular weight excluding hydrogens is 406 g/mol. The molecule has 1 aliphatic carbocycles. The van der Waals surface area contributed by atoms with Gasteiger partial charge in [-0.3, -0.25) is 4.79 Å². The highest BCUT2D eigenvalue weighted by Gasteiger charge is 2.32. The largest absolute Gasteiger partial charge is 0.507 e. The summed E-state index contributed by atoms with van der Waals surface area (Å²) in [4.78, 5) is 20.2. The molecule has 164 valence electrons. The van der Waals surface area contributed by atoms with Crippen LogP contribution in [0, 0.1) is 13.8 Å². The molecule has 0 fully saturated rings. The number of carbonyl (C=O) groups excluding carboxylic acids is 1. The van der Waals surface area contributed by atoms with Crippen LogP contribution >= 0.6 is 11.3 Å². The molecule has 4 rings (SSSR count). The van der Waals surface area contributed by atoms with Gasteiger partial charge in [0, 0.05) is 32.6 Å². The lowest BCUT2D eigenvalue weighted by atomic mass is 9.86. The van der Waals surface area contributed by atoms with E-state index in [4.69, 9.17) is 9.72 Å². The van der Waals surface area contributed by atoms with E-state index in [2.05, 4.69) is 0 Å². The minimum atomic E-state index is -0.744. The van der Waals surface area contributed by atoms with Crippen molar-refractivity contribution < 1.29 is 14.6 Å². The molecule has 0 saturated heterocycles. The van der Waals surface area contributed by atoms with E-state index in [0.717, 1.165) is 57.4 Å². The summed E-state index contributed by atoms with van der Waals surface area (Å²) in [6, 6.07) is 5.75. The fraction of sp³-hybridized carbons (Fsp3) is 0.462. The van der Waals surface area contributed by atoms with E-state index in [0.29, 0.717) is 0 Å². The van der Waals surface area contributed by atoms with E-state index in [1.165, 1.54) is 16.9 Å². The number of pyridine rings is 1. The first-order valence-corrected chi connectivity index (χ1v) is 11.8. The number of nitrogens with zero attached hydrogens (tertiary/aromatic N) is 1. The second kappa shape index (κ2) is 8.03. The first-order valence-electron chi connectivity index (χ1n) is 11.0. The van der Waals surface area contributed by atoms with Crippen molar-refractivity contribution in [3.05, 3.63) is 45.5 Å². The molecule has 1 aliphatic rings. The summed E-state index contributed by atoms with van der Waals surface area (Å²) in [5.41, 5.74) is 5.03. The van der Waals surface area contributed by atoms with Crippen molar-refractivity contribution in [2.24, 2.45) is 0 Å². The van der Waals surface area contributed by atoms with Gasteiger partial charge < -0.3 is 9.84 Å². The van der Waals surface area contributed by atoms with Gasteiger partial charge in [-0.1, -0.05) is 12.1 Å². The van der Waals surface area contributed by atoms with Crippen LogP contribution in [0.5, 0.6) is 5.75 Å². The van der Waals surface area contributed by atoms with Crippen LogP contribution in [-0.2, 0) is 22.4 Å². The SMILES string of the molecule is CC(=O)[C@@H](OC(C)(C)C)c1c(C)nc2sc3c(c2c1-c1ccc(C)cc1O)CCCC3. The highest BCUT2D eigenvalue weighted by atomic mass is 32.1. The molecule has 1 aromatic carbocycles. The van der Waals surface area contributed by atoms with E-state index < -0.39 is 11.7 Å². The summed E-state index contributed by atoms with van der Waals surface area (Å²) in [6.07, 6.45) is 3.67. The van der Waals surface area contributed by atoms with Gasteiger partial charge in [-0.05, 0) is 84.4 Å². The summed E-state index contributed by atoms with van der Waals surface area (Å²) in [7, 11) is 0. The Morgan fingerprint density at radius 1 is 1.19 bits per heavy atom. The van der Waals surface area contributed by atoms with Crippen molar-refractivity contribution in [1.82, 2.24) is 4.98 Å². The van der Waals surface area contributed by atoms with Gasteiger partial charge in [-0.15, -0.1) is 11.3 Å². The Balaban J connectivity index is 2.12. The lowest BCUT2D eigenvalue weighted by molar-refractivity contribution is -0.138. The number of aromatic hydroxyl groups is 1. The molecule has 31 heavy (non-hydrogen) atoms. The summed E-state index contributed by atoms with van der Waals surface area (Å²) < 4.78 is 6.29. The molecule has 1 atom stereocenters. The summed E-state index contributed by atoms with van der Waals surface area (Å²) in [5, 5.41) is 12.1. The molecule has 0 spiro atoms. The molecule has 3 aromatic rings. The Labute approximate surface area is 188 Å². The highest BCUT2D eigenvalue weighted by molar-refractivity contribution is 7.19. The summed E-state index contributed by atoms with van der Waals surface area (Å²) >= 11 is 1.76. The molecule has 0 saturated carbocycles. The van der Waals surface area contributed by atoms with Crippen LogP contribution in [0.4, 0.5) is 0 Å². The first kappa shape index (κ1) is 22.0. The van der Waals surface area contributed by atoms with E-state index >= 15 is 0 Å². The standard InChI is InChI=1S/C26H31NO3S/c1-14-11-12-17(19(29)13-14)22-21(24(16(3)28)30-26(4,5)6)15(2)27-25-23(22)18-9-7-8-10-20(18)31-25/h11-13,24,29H,7-10H2,1-6H3/t24-/m1/s1. The van der Waals surface area contributed by atoms with Gasteiger partial charge in [-0.25, -0.2) is 4.98 Å². The smallest absolute Gasteiger partial charge is 0.163 e. The van der Waals surface area contributed by atoms with Gasteiger partial charge in [-0.2, -0.15) is 0 Å². The van der Waals surface area contributed by atoms with E-state index in [1.807, 2.05) is 46.8 Å². The number of Topliss-reactive ketones (excluding diaryl/α,β-unsaturated/α-hetero) is 1. The van der Waals surface area contributed by atoms with E-state index in [-0.39, 0.29) is 11.5 Å². The molecule has 0 aliphatic heterocycles. The second-order valence-electron chi connectivity index (χ2n) is 9.62. The van der Waals surface area contributed by atoms with Crippen LogP contribution in [0.1, 0.15) is 73.9 Å².